The highest BCUT2D eigenvalue weighted by Crippen LogP contribution is 2.58. The van der Waals surface area contributed by atoms with Crippen LogP contribution < -0.4 is 4.74 Å². The monoisotopic (exact) mass is 651 g/mol. The maximum absolute atomic E-state index is 15.0. The molecular weight excluding hydrogens is 623 g/mol. The number of hydrogen-bond donors (Lipinski definition) is 1. The van der Waals surface area contributed by atoms with Gasteiger partial charge in [0.15, 0.2) is 9.84 Å². The fourth-order valence-corrected chi connectivity index (χ4v) is 9.14. The third-order valence-corrected chi connectivity index (χ3v) is 11.9. The molecule has 3 aliphatic rings. The molecule has 44 heavy (non-hydrogen) atoms. The third-order valence-electron chi connectivity index (χ3n) is 9.40. The van der Waals surface area contributed by atoms with Gasteiger partial charge in [0.05, 0.1) is 16.9 Å². The predicted molar refractivity (Wildman–Crippen MR) is 140 cm³/mol. The van der Waals surface area contributed by atoms with E-state index in [9.17, 15) is 53.8 Å². The third kappa shape index (κ3) is 4.55. The molecule has 1 N–H and O–H groups in total. The largest absolute Gasteiger partial charge is 0.491 e. The van der Waals surface area contributed by atoms with Gasteiger partial charge >= 0.3 is 24.0 Å². The Hall–Kier alpha value is -3.36. The molecule has 7 nitrogen and oxygen atoms in total. The summed E-state index contributed by atoms with van der Waals surface area (Å²) in [5, 5.41) is 9.37. The lowest BCUT2D eigenvalue weighted by atomic mass is 9.70. The Morgan fingerprint density at radius 1 is 0.932 bits per heavy atom. The molecule has 0 bridgehead atoms. The van der Waals surface area contributed by atoms with E-state index in [1.54, 1.807) is 13.0 Å². The van der Waals surface area contributed by atoms with Crippen molar-refractivity contribution in [3.63, 3.8) is 0 Å². The summed E-state index contributed by atoms with van der Waals surface area (Å²) < 4.78 is 128. The van der Waals surface area contributed by atoms with E-state index in [1.165, 1.54) is 29.2 Å². The van der Waals surface area contributed by atoms with Gasteiger partial charge in [0.25, 0.3) is 0 Å². The number of alkyl halides is 7. The second kappa shape index (κ2) is 10.3. The van der Waals surface area contributed by atoms with Crippen LogP contribution in [0.1, 0.15) is 50.2 Å². The Labute approximate surface area is 247 Å². The second-order valence-corrected chi connectivity index (χ2v) is 14.0. The van der Waals surface area contributed by atoms with Crippen molar-refractivity contribution in [3.8, 4) is 5.75 Å². The van der Waals surface area contributed by atoms with Crippen molar-refractivity contribution in [2.75, 3.05) is 13.2 Å². The lowest BCUT2D eigenvalue weighted by molar-refractivity contribution is -0.348. The van der Waals surface area contributed by atoms with Crippen LogP contribution in [-0.2, 0) is 29.8 Å². The molecule has 2 aromatic carbocycles. The fourth-order valence-electron chi connectivity index (χ4n) is 6.84. The minimum Gasteiger partial charge on any atom is -0.491 e. The molecule has 0 radical (unpaired) electrons. The van der Waals surface area contributed by atoms with Gasteiger partial charge in [0.1, 0.15) is 17.1 Å². The van der Waals surface area contributed by atoms with Gasteiger partial charge in [-0.3, -0.25) is 9.59 Å². The SMILES string of the molecule is CC1(C(=O)N2CCC3(S(=O)(=O)c4ccccc4)c4ccc(C(F)(C(F)(F)F)C(F)(F)F)cc4OCC23)CCC(C(=O)O)CC1. The number of hydrogen-bond acceptors (Lipinski definition) is 5. The number of nitrogens with zero attached hydrogens (tertiary/aromatic N) is 1. The molecule has 5 rings (SSSR count). The summed E-state index contributed by atoms with van der Waals surface area (Å²) in [6.07, 6.45) is -12.2. The molecule has 2 fully saturated rings. The summed E-state index contributed by atoms with van der Waals surface area (Å²) in [7, 11) is -4.51. The van der Waals surface area contributed by atoms with Gasteiger partial charge in [-0.2, -0.15) is 26.3 Å². The average Bonchev–Trinajstić information content (AvgIpc) is 3.37. The van der Waals surface area contributed by atoms with E-state index in [0.717, 1.165) is 0 Å². The minimum absolute atomic E-state index is 0.143. The topological polar surface area (TPSA) is 101 Å². The van der Waals surface area contributed by atoms with Gasteiger partial charge in [-0.25, -0.2) is 12.8 Å². The molecule has 2 aliphatic heterocycles. The Bertz CT molecular complexity index is 1550. The maximum Gasteiger partial charge on any atom is 0.435 e. The second-order valence-electron chi connectivity index (χ2n) is 11.8. The molecule has 1 amide bonds. The number of amides is 1. The zero-order chi connectivity index (χ0) is 32.5. The van der Waals surface area contributed by atoms with Crippen LogP contribution in [0.15, 0.2) is 53.4 Å². The van der Waals surface area contributed by atoms with Crippen LogP contribution in [0.25, 0.3) is 0 Å². The number of carbonyl (C=O) groups excluding carboxylic acids is 1. The molecule has 1 aliphatic carbocycles. The van der Waals surface area contributed by atoms with Crippen molar-refractivity contribution in [3.05, 3.63) is 59.7 Å². The van der Waals surface area contributed by atoms with Gasteiger partial charge < -0.3 is 14.7 Å². The minimum atomic E-state index is -6.39. The molecule has 2 atom stereocenters. The van der Waals surface area contributed by atoms with Gasteiger partial charge in [0, 0.05) is 23.1 Å². The number of aliphatic carboxylic acids is 1. The van der Waals surface area contributed by atoms with Gasteiger partial charge in [-0.05, 0) is 50.3 Å². The molecular formula is C29H28F7NO6S. The number of halogens is 7. The number of likely N-dealkylation sites (tertiary alicyclic amines) is 1. The molecule has 1 saturated carbocycles. The van der Waals surface area contributed by atoms with Crippen molar-refractivity contribution in [1.82, 2.24) is 4.90 Å². The summed E-state index contributed by atoms with van der Waals surface area (Å²) >= 11 is 0. The number of carbonyl (C=O) groups is 2. The van der Waals surface area contributed by atoms with Crippen LogP contribution in [0.4, 0.5) is 30.7 Å². The Morgan fingerprint density at radius 3 is 2.07 bits per heavy atom. The zero-order valence-corrected chi connectivity index (χ0v) is 24.0. The summed E-state index contributed by atoms with van der Waals surface area (Å²) in [5.41, 5.74) is -8.92. The molecule has 0 spiro atoms. The van der Waals surface area contributed by atoms with Gasteiger partial charge in [-0.15, -0.1) is 0 Å². The molecule has 2 unspecified atom stereocenters. The zero-order valence-electron chi connectivity index (χ0n) is 23.2. The Kier molecular flexibility index (Phi) is 7.53. The van der Waals surface area contributed by atoms with E-state index in [1.807, 2.05) is 0 Å². The summed E-state index contributed by atoms with van der Waals surface area (Å²) in [6, 6.07) is 6.93. The fraction of sp³-hybridized carbons (Fsp3) is 0.517. The first-order valence-corrected chi connectivity index (χ1v) is 15.2. The summed E-state index contributed by atoms with van der Waals surface area (Å²) in [4.78, 5) is 26.6. The molecule has 15 heteroatoms. The van der Waals surface area contributed by atoms with Crippen LogP contribution in [0.2, 0.25) is 0 Å². The van der Waals surface area contributed by atoms with Crippen LogP contribution in [-0.4, -0.2) is 61.8 Å². The van der Waals surface area contributed by atoms with Crippen LogP contribution in [0, 0.1) is 11.3 Å². The van der Waals surface area contributed by atoms with Crippen molar-refractivity contribution in [2.45, 2.75) is 72.7 Å². The summed E-state index contributed by atoms with van der Waals surface area (Å²) in [5.74, 6) is -2.76. The normalized spacial score (nSPS) is 27.7. The van der Waals surface area contributed by atoms with E-state index >= 15 is 0 Å². The first kappa shape index (κ1) is 32.0. The highest BCUT2D eigenvalue weighted by molar-refractivity contribution is 7.92. The van der Waals surface area contributed by atoms with Crippen LogP contribution in [0.3, 0.4) is 0 Å². The number of fused-ring (bicyclic) bond motifs is 3. The van der Waals surface area contributed by atoms with E-state index < -0.39 is 79.8 Å². The van der Waals surface area contributed by atoms with Crippen molar-refractivity contribution >= 4 is 21.7 Å². The summed E-state index contributed by atoms with van der Waals surface area (Å²) in [6.45, 7) is 0.897. The number of benzene rings is 2. The first-order valence-electron chi connectivity index (χ1n) is 13.7. The van der Waals surface area contributed by atoms with Gasteiger partial charge in [0.2, 0.25) is 5.91 Å². The number of sulfone groups is 1. The Balaban J connectivity index is 1.63. The van der Waals surface area contributed by atoms with Crippen LogP contribution >= 0.6 is 0 Å². The lowest BCUT2D eigenvalue weighted by Crippen LogP contribution is -2.57. The predicted octanol–water partition coefficient (Wildman–Crippen LogP) is 5.92. The first-order chi connectivity index (χ1) is 20.3. The molecule has 2 heterocycles. The van der Waals surface area contributed by atoms with Crippen molar-refractivity contribution in [1.29, 1.82) is 0 Å². The van der Waals surface area contributed by atoms with Gasteiger partial charge in [-0.1, -0.05) is 37.3 Å². The number of rotatable bonds is 5. The number of carboxylic acids is 1. The van der Waals surface area contributed by atoms with Crippen molar-refractivity contribution < 1.29 is 58.6 Å². The van der Waals surface area contributed by atoms with E-state index in [4.69, 9.17) is 4.74 Å². The van der Waals surface area contributed by atoms with Crippen molar-refractivity contribution in [2.24, 2.45) is 11.3 Å². The van der Waals surface area contributed by atoms with E-state index in [0.29, 0.717) is 6.07 Å². The maximum atomic E-state index is 15.0. The van der Waals surface area contributed by atoms with E-state index in [2.05, 4.69) is 0 Å². The standard InChI is InChI=1S/C29H28F7NO6S/c1-25(11-9-17(10-12-25)23(38)39)24(40)37-14-13-26(44(41,42)19-5-3-2-4-6-19)20-8-7-18(15-21(20)43-16-22(26)37)27(30,28(31,32)33)29(34,35)36/h2-8,15,17,22H,9-14,16H2,1H3,(H,38,39). The quantitative estimate of drug-likeness (QED) is 0.403. The molecule has 1 saturated heterocycles. The highest BCUT2D eigenvalue weighted by Gasteiger charge is 2.74. The molecule has 2 aromatic rings. The molecule has 0 aromatic heterocycles. The Morgan fingerprint density at radius 2 is 1.52 bits per heavy atom. The lowest BCUT2D eigenvalue weighted by Gasteiger charge is -2.45. The smallest absolute Gasteiger partial charge is 0.435 e. The highest BCUT2D eigenvalue weighted by atomic mass is 32.2. The van der Waals surface area contributed by atoms with E-state index in [-0.39, 0.29) is 61.2 Å². The molecule has 240 valence electrons. The average molecular weight is 652 g/mol. The number of carboxylic acid groups (broad SMARTS) is 1. The van der Waals surface area contributed by atoms with Crippen LogP contribution in [0.5, 0.6) is 5.75 Å². The number of ether oxygens (including phenoxy) is 1.